The van der Waals surface area contributed by atoms with Gasteiger partial charge in [-0.05, 0) is 18.2 Å². The Hall–Kier alpha value is -1.16. The van der Waals surface area contributed by atoms with Crippen molar-refractivity contribution in [2.24, 2.45) is 0 Å². The topological polar surface area (TPSA) is 34.1 Å². The Bertz CT molecular complexity index is 573. The number of anilines is 1. The molecule has 0 saturated carbocycles. The second-order valence-corrected chi connectivity index (χ2v) is 4.96. The quantitative estimate of drug-likeness (QED) is 0.833. The number of benzene rings is 1. The molecule has 3 nitrogen and oxygen atoms in total. The molecule has 100 valence electrons. The highest BCUT2D eigenvalue weighted by Crippen LogP contribution is 2.31. The molecule has 2 rings (SSSR count). The third-order valence-electron chi connectivity index (χ3n) is 2.55. The third-order valence-corrected chi connectivity index (χ3v) is 3.75. The van der Waals surface area contributed by atoms with E-state index in [1.54, 1.807) is 31.5 Å². The van der Waals surface area contributed by atoms with E-state index in [4.69, 9.17) is 39.5 Å². The molecule has 0 saturated heterocycles. The number of rotatable bonds is 4. The molecule has 6 heteroatoms. The Labute approximate surface area is 126 Å². The van der Waals surface area contributed by atoms with Gasteiger partial charge in [-0.2, -0.15) is 0 Å². The van der Waals surface area contributed by atoms with Crippen molar-refractivity contribution in [3.63, 3.8) is 0 Å². The predicted octanol–water partition coefficient (Wildman–Crippen LogP) is 4.66. The summed E-state index contributed by atoms with van der Waals surface area (Å²) in [5.74, 6) is 0.560. The number of nitrogens with one attached hydrogen (secondary N) is 1. The molecule has 1 heterocycles. The van der Waals surface area contributed by atoms with Crippen LogP contribution in [0.1, 0.15) is 5.56 Å². The van der Waals surface area contributed by atoms with Crippen LogP contribution in [0.4, 0.5) is 5.69 Å². The molecule has 0 spiro atoms. The molecule has 0 radical (unpaired) electrons. The van der Waals surface area contributed by atoms with Crippen LogP contribution < -0.4 is 10.1 Å². The smallest absolute Gasteiger partial charge is 0.213 e. The van der Waals surface area contributed by atoms with Crippen LogP contribution in [0.2, 0.25) is 15.1 Å². The first-order chi connectivity index (χ1) is 9.11. The van der Waals surface area contributed by atoms with E-state index in [9.17, 15) is 0 Å². The SMILES string of the molecule is COc1ccc(NCc2c(Cl)ccc(Cl)c2Cl)cn1. The molecule has 19 heavy (non-hydrogen) atoms. The molecule has 0 atom stereocenters. The molecule has 0 aliphatic heterocycles. The van der Waals surface area contributed by atoms with Gasteiger partial charge in [0.15, 0.2) is 0 Å². The van der Waals surface area contributed by atoms with Crippen LogP contribution in [-0.4, -0.2) is 12.1 Å². The van der Waals surface area contributed by atoms with Crippen molar-refractivity contribution in [2.75, 3.05) is 12.4 Å². The monoisotopic (exact) mass is 316 g/mol. The second kappa shape index (κ2) is 6.33. The van der Waals surface area contributed by atoms with Crippen LogP contribution in [-0.2, 0) is 6.54 Å². The van der Waals surface area contributed by atoms with Gasteiger partial charge in [0, 0.05) is 23.2 Å². The molecule has 0 fully saturated rings. The molecule has 0 aliphatic carbocycles. The molecule has 0 bridgehead atoms. The van der Waals surface area contributed by atoms with Crippen molar-refractivity contribution in [1.82, 2.24) is 4.98 Å². The Morgan fingerprint density at radius 2 is 1.84 bits per heavy atom. The van der Waals surface area contributed by atoms with E-state index in [0.29, 0.717) is 27.5 Å². The largest absolute Gasteiger partial charge is 0.481 e. The summed E-state index contributed by atoms with van der Waals surface area (Å²) in [4.78, 5) is 4.10. The Morgan fingerprint density at radius 1 is 1.11 bits per heavy atom. The van der Waals surface area contributed by atoms with Gasteiger partial charge in [-0.25, -0.2) is 4.98 Å². The number of halogens is 3. The molecule has 1 N–H and O–H groups in total. The van der Waals surface area contributed by atoms with E-state index in [1.165, 1.54) is 0 Å². The summed E-state index contributed by atoms with van der Waals surface area (Å²) in [6, 6.07) is 7.02. The van der Waals surface area contributed by atoms with Gasteiger partial charge in [0.2, 0.25) is 5.88 Å². The zero-order valence-corrected chi connectivity index (χ0v) is 12.4. The fraction of sp³-hybridized carbons (Fsp3) is 0.154. The number of pyridine rings is 1. The number of hydrogen-bond donors (Lipinski definition) is 1. The average molecular weight is 318 g/mol. The van der Waals surface area contributed by atoms with Gasteiger partial charge < -0.3 is 10.1 Å². The number of aromatic nitrogens is 1. The maximum atomic E-state index is 6.12. The van der Waals surface area contributed by atoms with E-state index >= 15 is 0 Å². The fourth-order valence-corrected chi connectivity index (χ4v) is 2.21. The molecular formula is C13H11Cl3N2O. The van der Waals surface area contributed by atoms with Gasteiger partial charge in [-0.15, -0.1) is 0 Å². The van der Waals surface area contributed by atoms with Crippen LogP contribution in [0.25, 0.3) is 0 Å². The lowest BCUT2D eigenvalue weighted by Gasteiger charge is -2.11. The minimum absolute atomic E-state index is 0.461. The molecule has 0 amide bonds. The third kappa shape index (κ3) is 3.44. The zero-order valence-electron chi connectivity index (χ0n) is 10.1. The summed E-state index contributed by atoms with van der Waals surface area (Å²) in [6.45, 7) is 0.465. The van der Waals surface area contributed by atoms with Crippen molar-refractivity contribution in [2.45, 2.75) is 6.54 Å². The number of nitrogens with zero attached hydrogens (tertiary/aromatic N) is 1. The van der Waals surface area contributed by atoms with Crippen molar-refractivity contribution in [3.8, 4) is 5.88 Å². The molecule has 0 unspecified atom stereocenters. The van der Waals surface area contributed by atoms with Gasteiger partial charge in [-0.1, -0.05) is 34.8 Å². The highest BCUT2D eigenvalue weighted by atomic mass is 35.5. The van der Waals surface area contributed by atoms with Gasteiger partial charge in [0.25, 0.3) is 0 Å². The van der Waals surface area contributed by atoms with Crippen LogP contribution >= 0.6 is 34.8 Å². The van der Waals surface area contributed by atoms with Crippen LogP contribution in [0.15, 0.2) is 30.5 Å². The lowest BCUT2D eigenvalue weighted by Crippen LogP contribution is -2.01. The van der Waals surface area contributed by atoms with Gasteiger partial charge in [0.05, 0.1) is 29.0 Å². The summed E-state index contributed by atoms with van der Waals surface area (Å²) >= 11 is 18.2. The number of methoxy groups -OCH3 is 1. The first-order valence-corrected chi connectivity index (χ1v) is 6.61. The van der Waals surface area contributed by atoms with Crippen LogP contribution in [0.5, 0.6) is 5.88 Å². The fourth-order valence-electron chi connectivity index (χ4n) is 1.53. The minimum atomic E-state index is 0.461. The van der Waals surface area contributed by atoms with Crippen LogP contribution in [0, 0.1) is 0 Å². The van der Waals surface area contributed by atoms with Crippen LogP contribution in [0.3, 0.4) is 0 Å². The van der Waals surface area contributed by atoms with Gasteiger partial charge in [0.1, 0.15) is 0 Å². The predicted molar refractivity (Wildman–Crippen MR) is 79.6 cm³/mol. The highest BCUT2D eigenvalue weighted by Gasteiger charge is 2.09. The number of hydrogen-bond acceptors (Lipinski definition) is 3. The van der Waals surface area contributed by atoms with Gasteiger partial charge >= 0.3 is 0 Å². The molecular weight excluding hydrogens is 307 g/mol. The first kappa shape index (κ1) is 14.3. The van der Waals surface area contributed by atoms with Gasteiger partial charge in [-0.3, -0.25) is 0 Å². The standard InChI is InChI=1S/C13H11Cl3N2O/c1-19-12-5-2-8(6-18-12)17-7-9-10(14)3-4-11(15)13(9)16/h2-6,17H,7H2,1H3. The Balaban J connectivity index is 2.12. The van der Waals surface area contributed by atoms with Crippen molar-refractivity contribution >= 4 is 40.5 Å². The van der Waals surface area contributed by atoms with E-state index < -0.39 is 0 Å². The van der Waals surface area contributed by atoms with Crippen molar-refractivity contribution < 1.29 is 4.74 Å². The number of ether oxygens (including phenoxy) is 1. The average Bonchev–Trinajstić information content (AvgIpc) is 2.44. The maximum absolute atomic E-state index is 6.12. The lowest BCUT2D eigenvalue weighted by molar-refractivity contribution is 0.398. The summed E-state index contributed by atoms with van der Waals surface area (Å²) in [7, 11) is 1.57. The molecule has 0 aliphatic rings. The zero-order chi connectivity index (χ0) is 13.8. The minimum Gasteiger partial charge on any atom is -0.481 e. The lowest BCUT2D eigenvalue weighted by atomic mass is 10.2. The van der Waals surface area contributed by atoms with E-state index in [-0.39, 0.29) is 0 Å². The molecule has 2 aromatic rings. The van der Waals surface area contributed by atoms with Crippen molar-refractivity contribution in [3.05, 3.63) is 51.1 Å². The second-order valence-electron chi connectivity index (χ2n) is 3.76. The van der Waals surface area contributed by atoms with E-state index in [0.717, 1.165) is 11.3 Å². The van der Waals surface area contributed by atoms with Crippen molar-refractivity contribution in [1.29, 1.82) is 0 Å². The van der Waals surface area contributed by atoms with E-state index in [1.807, 2.05) is 6.07 Å². The summed E-state index contributed by atoms with van der Waals surface area (Å²) in [5, 5.41) is 4.69. The highest BCUT2D eigenvalue weighted by molar-refractivity contribution is 6.44. The normalized spacial score (nSPS) is 10.3. The summed E-state index contributed by atoms with van der Waals surface area (Å²) in [6.07, 6.45) is 1.67. The maximum Gasteiger partial charge on any atom is 0.213 e. The Kier molecular flexibility index (Phi) is 4.75. The molecule has 1 aromatic heterocycles. The Morgan fingerprint density at radius 3 is 2.47 bits per heavy atom. The van der Waals surface area contributed by atoms with E-state index in [2.05, 4.69) is 10.3 Å². The molecule has 1 aromatic carbocycles. The summed E-state index contributed by atoms with van der Waals surface area (Å²) in [5.41, 5.74) is 1.60. The summed E-state index contributed by atoms with van der Waals surface area (Å²) < 4.78 is 4.99. The first-order valence-electron chi connectivity index (χ1n) is 5.48.